The van der Waals surface area contributed by atoms with E-state index in [1.54, 1.807) is 37.0 Å². The van der Waals surface area contributed by atoms with Crippen molar-refractivity contribution in [2.45, 2.75) is 63.8 Å². The van der Waals surface area contributed by atoms with Crippen molar-refractivity contribution < 1.29 is 14.2 Å². The van der Waals surface area contributed by atoms with Crippen molar-refractivity contribution in [2.24, 2.45) is 5.73 Å². The summed E-state index contributed by atoms with van der Waals surface area (Å²) in [6.07, 6.45) is 10.4. The maximum Gasteiger partial charge on any atom is 0.232 e. The minimum atomic E-state index is -0.934. The van der Waals surface area contributed by atoms with Crippen LogP contribution in [0.4, 0.5) is 4.39 Å². The molecule has 1 aliphatic rings. The molecule has 0 unspecified atom stereocenters. The van der Waals surface area contributed by atoms with E-state index in [4.69, 9.17) is 15.7 Å². The first-order valence-corrected chi connectivity index (χ1v) is 12.0. The van der Waals surface area contributed by atoms with Gasteiger partial charge < -0.3 is 20.1 Å². The highest BCUT2D eigenvalue weighted by molar-refractivity contribution is 5.98. The normalized spacial score (nSPS) is 18.3. The van der Waals surface area contributed by atoms with E-state index in [9.17, 15) is 9.50 Å². The number of ether oxygens (including phenoxy) is 1. The number of hydrogen-bond acceptors (Lipinski definition) is 7. The molecule has 0 amide bonds. The molecule has 3 aromatic heterocycles. The van der Waals surface area contributed by atoms with Crippen molar-refractivity contribution in [1.29, 1.82) is 5.26 Å². The maximum absolute atomic E-state index is 14.6. The molecule has 0 bridgehead atoms. The van der Waals surface area contributed by atoms with Crippen molar-refractivity contribution >= 4 is 11.0 Å². The third-order valence-corrected chi connectivity index (χ3v) is 6.43. The van der Waals surface area contributed by atoms with Crippen LogP contribution < -0.4 is 10.5 Å². The Bertz CT molecular complexity index is 1450. The van der Waals surface area contributed by atoms with Gasteiger partial charge in [-0.1, -0.05) is 6.07 Å². The van der Waals surface area contributed by atoms with E-state index in [0.29, 0.717) is 40.3 Å². The lowest BCUT2D eigenvalue weighted by atomic mass is 9.91. The fourth-order valence-electron chi connectivity index (χ4n) is 4.85. The van der Waals surface area contributed by atoms with Gasteiger partial charge in [0.2, 0.25) is 5.88 Å². The predicted octanol–water partition coefficient (Wildman–Crippen LogP) is 4.31. The Labute approximate surface area is 208 Å². The summed E-state index contributed by atoms with van der Waals surface area (Å²) >= 11 is 0. The lowest BCUT2D eigenvalue weighted by molar-refractivity contribution is 0.0577. The molecule has 1 aromatic carbocycles. The fraction of sp³-hybridized carbons (Fsp3) is 0.385. The topological polar surface area (TPSA) is 128 Å². The van der Waals surface area contributed by atoms with E-state index in [1.165, 1.54) is 18.5 Å². The molecule has 36 heavy (non-hydrogen) atoms. The second-order valence-corrected chi connectivity index (χ2v) is 10.0. The smallest absolute Gasteiger partial charge is 0.232 e. The number of nitrogens with zero attached hydrogens (tertiary/aromatic N) is 6. The maximum atomic E-state index is 14.6. The number of aliphatic hydroxyl groups is 1. The van der Waals surface area contributed by atoms with Crippen molar-refractivity contribution in [1.82, 2.24) is 24.3 Å². The molecular weight excluding hydrogens is 461 g/mol. The lowest BCUT2D eigenvalue weighted by Gasteiger charge is -2.28. The van der Waals surface area contributed by atoms with Gasteiger partial charge in [-0.2, -0.15) is 10.4 Å². The van der Waals surface area contributed by atoms with Gasteiger partial charge in [0.1, 0.15) is 23.9 Å². The van der Waals surface area contributed by atoms with Gasteiger partial charge in [-0.25, -0.2) is 14.4 Å². The molecule has 0 radical (unpaired) electrons. The van der Waals surface area contributed by atoms with Crippen LogP contribution in [0.3, 0.4) is 0 Å². The van der Waals surface area contributed by atoms with Gasteiger partial charge in [-0.15, -0.1) is 0 Å². The van der Waals surface area contributed by atoms with Crippen LogP contribution in [-0.4, -0.2) is 41.1 Å². The van der Waals surface area contributed by atoms with Crippen LogP contribution in [0.15, 0.2) is 43.1 Å². The second-order valence-electron chi connectivity index (χ2n) is 10.0. The van der Waals surface area contributed by atoms with Crippen molar-refractivity contribution in [3.05, 3.63) is 54.5 Å². The average Bonchev–Trinajstić information content (AvgIpc) is 3.43. The predicted molar refractivity (Wildman–Crippen MR) is 132 cm³/mol. The third-order valence-electron chi connectivity index (χ3n) is 6.43. The Kier molecular flexibility index (Phi) is 6.20. The first kappa shape index (κ1) is 23.9. The highest BCUT2D eigenvalue weighted by Gasteiger charge is 2.26. The van der Waals surface area contributed by atoms with Crippen LogP contribution in [0.1, 0.15) is 51.1 Å². The molecule has 2 atom stereocenters. The summed E-state index contributed by atoms with van der Waals surface area (Å²) in [5, 5.41) is 24.2. The summed E-state index contributed by atoms with van der Waals surface area (Å²) < 4.78 is 24.4. The molecule has 5 rings (SSSR count). The number of rotatable bonds is 6. The minimum Gasteiger partial charge on any atom is -0.435 e. The monoisotopic (exact) mass is 489 g/mol. The molecule has 3 heterocycles. The van der Waals surface area contributed by atoms with Crippen LogP contribution in [0.25, 0.3) is 22.2 Å². The summed E-state index contributed by atoms with van der Waals surface area (Å²) in [7, 11) is 0. The molecule has 0 aliphatic heterocycles. The van der Waals surface area contributed by atoms with Gasteiger partial charge in [0, 0.05) is 23.8 Å². The highest BCUT2D eigenvalue weighted by atomic mass is 19.1. The van der Waals surface area contributed by atoms with Gasteiger partial charge in [0.15, 0.2) is 5.75 Å². The van der Waals surface area contributed by atoms with Gasteiger partial charge in [-0.3, -0.25) is 4.68 Å². The van der Waals surface area contributed by atoms with Gasteiger partial charge >= 0.3 is 0 Å². The molecule has 1 fully saturated rings. The molecule has 0 spiro atoms. The largest absolute Gasteiger partial charge is 0.435 e. The minimum absolute atomic E-state index is 0.0207. The quantitative estimate of drug-likeness (QED) is 0.413. The van der Waals surface area contributed by atoms with Crippen molar-refractivity contribution in [3.63, 3.8) is 0 Å². The number of hydrogen-bond donors (Lipinski definition) is 2. The summed E-state index contributed by atoms with van der Waals surface area (Å²) in [4.78, 5) is 8.97. The third kappa shape index (κ3) is 4.80. The molecule has 4 aromatic rings. The fourth-order valence-corrected chi connectivity index (χ4v) is 4.85. The number of nitriles is 1. The Morgan fingerprint density at radius 2 is 2.11 bits per heavy atom. The van der Waals surface area contributed by atoms with E-state index in [1.807, 2.05) is 12.3 Å². The molecule has 186 valence electrons. The van der Waals surface area contributed by atoms with Crippen LogP contribution in [0, 0.1) is 17.1 Å². The van der Waals surface area contributed by atoms with E-state index in [0.717, 1.165) is 25.7 Å². The summed E-state index contributed by atoms with van der Waals surface area (Å²) in [5.74, 6) is 0.160. The Balaban J connectivity index is 1.62. The van der Waals surface area contributed by atoms with E-state index >= 15 is 0 Å². The van der Waals surface area contributed by atoms with Gasteiger partial charge in [-0.05, 0) is 57.2 Å². The number of nitrogens with two attached hydrogens (primary N) is 1. The van der Waals surface area contributed by atoms with E-state index in [-0.39, 0.29) is 17.6 Å². The van der Waals surface area contributed by atoms with Crippen LogP contribution in [-0.2, 0) is 6.54 Å². The lowest BCUT2D eigenvalue weighted by Crippen LogP contribution is -2.29. The van der Waals surface area contributed by atoms with Gasteiger partial charge in [0.25, 0.3) is 0 Å². The zero-order valence-corrected chi connectivity index (χ0v) is 20.2. The SMILES string of the molecule is CC(C)(O)Cn1cc(Oc2ncnc3c2c(-c2ccc(C#N)c(F)c2)cn3[C@@H]2CCC[C@@H](N)C2)cn1. The second kappa shape index (κ2) is 9.33. The number of aromatic nitrogens is 5. The Morgan fingerprint density at radius 3 is 2.83 bits per heavy atom. The summed E-state index contributed by atoms with van der Waals surface area (Å²) in [5.41, 5.74) is 7.28. The zero-order chi connectivity index (χ0) is 25.4. The zero-order valence-electron chi connectivity index (χ0n) is 20.2. The van der Waals surface area contributed by atoms with Gasteiger partial charge in [0.05, 0.1) is 35.5 Å². The van der Waals surface area contributed by atoms with Crippen molar-refractivity contribution in [3.8, 4) is 28.8 Å². The first-order chi connectivity index (χ1) is 17.2. The molecule has 9 nitrogen and oxygen atoms in total. The number of benzene rings is 1. The molecule has 0 saturated heterocycles. The van der Waals surface area contributed by atoms with E-state index < -0.39 is 11.4 Å². The molecule has 1 saturated carbocycles. The first-order valence-electron chi connectivity index (χ1n) is 12.0. The molecule has 3 N–H and O–H groups in total. The molecule has 1 aliphatic carbocycles. The van der Waals surface area contributed by atoms with Crippen molar-refractivity contribution in [2.75, 3.05) is 0 Å². The van der Waals surface area contributed by atoms with Crippen LogP contribution >= 0.6 is 0 Å². The van der Waals surface area contributed by atoms with Crippen LogP contribution in [0.2, 0.25) is 0 Å². The standard InChI is InChI=1S/C26H28FN7O2/c1-26(2,35)14-33-12-20(11-32-33)36-25-23-21(16-6-7-17(10-28)22(27)8-16)13-34(24(23)30-15-31-25)19-5-3-4-18(29)9-19/h6-8,11-13,15,18-19,35H,3-5,9,14,29H2,1-2H3/t18-,19-/m1/s1. The Hall–Kier alpha value is -3.81. The summed E-state index contributed by atoms with van der Waals surface area (Å²) in [6.45, 7) is 3.70. The number of fused-ring (bicyclic) bond motifs is 1. The highest BCUT2D eigenvalue weighted by Crippen LogP contribution is 2.40. The average molecular weight is 490 g/mol. The van der Waals surface area contributed by atoms with Crippen LogP contribution in [0.5, 0.6) is 11.6 Å². The number of halogens is 1. The molecular formula is C26H28FN7O2. The Morgan fingerprint density at radius 1 is 1.28 bits per heavy atom. The van der Waals surface area contributed by atoms with E-state index in [2.05, 4.69) is 19.6 Å². The molecule has 10 heteroatoms. The summed E-state index contributed by atoms with van der Waals surface area (Å²) in [6, 6.07) is 6.65.